The summed E-state index contributed by atoms with van der Waals surface area (Å²) in [7, 11) is 1.25. The van der Waals surface area contributed by atoms with E-state index in [4.69, 9.17) is 11.0 Å². The molecule has 0 rings (SSSR count). The first-order valence-electron chi connectivity index (χ1n) is 3.36. The summed E-state index contributed by atoms with van der Waals surface area (Å²) in [5, 5.41) is 7.82. The summed E-state index contributed by atoms with van der Waals surface area (Å²) >= 11 is 0. The van der Waals surface area contributed by atoms with Crippen LogP contribution in [0.4, 0.5) is 0 Å². The number of nitrogens with two attached hydrogens (primary N) is 1. The van der Waals surface area contributed by atoms with Crippen molar-refractivity contribution in [3.05, 3.63) is 0 Å². The number of hydrogen-bond acceptors (Lipinski definition) is 4. The Morgan fingerprint density at radius 2 is 2.18 bits per heavy atom. The van der Waals surface area contributed by atoms with E-state index in [9.17, 15) is 4.79 Å². The number of ether oxygens (including phenoxy) is 1. The topological polar surface area (TPSA) is 76.1 Å². The first kappa shape index (κ1) is 12.6. The third-order valence-electron chi connectivity index (χ3n) is 0.740. The third-order valence-corrected chi connectivity index (χ3v) is 0.740. The molecule has 11 heavy (non-hydrogen) atoms. The lowest BCUT2D eigenvalue weighted by Crippen LogP contribution is -1.96. The highest BCUT2D eigenvalue weighted by Crippen LogP contribution is 1.76. The van der Waals surface area contributed by atoms with E-state index >= 15 is 0 Å². The number of esters is 1. The Labute approximate surface area is 66.9 Å². The highest BCUT2D eigenvalue weighted by Gasteiger charge is 1.93. The van der Waals surface area contributed by atoms with Crippen LogP contribution >= 0.6 is 0 Å². The average Bonchev–Trinajstić information content (AvgIpc) is 2.05. The summed E-state index contributed by atoms with van der Waals surface area (Å²) in [5.41, 5.74) is 5.03. The fourth-order valence-corrected chi connectivity index (χ4v) is 0.137. The molecule has 0 amide bonds. The molecule has 0 aromatic rings. The summed E-state index contributed by atoms with van der Waals surface area (Å²) in [6, 6.07) is 1.64. The van der Waals surface area contributed by atoms with Gasteiger partial charge in [-0.3, -0.25) is 4.79 Å². The summed E-state index contributed by atoms with van der Waals surface area (Å²) in [6.07, 6.45) is 0.941. The van der Waals surface area contributed by atoms with Crippen molar-refractivity contribution in [2.24, 2.45) is 5.73 Å². The molecule has 0 aromatic carbocycles. The van der Waals surface area contributed by atoms with E-state index in [-0.39, 0.29) is 6.42 Å². The molecule has 0 aliphatic carbocycles. The highest BCUT2D eigenvalue weighted by atomic mass is 16.5. The van der Waals surface area contributed by atoms with Gasteiger partial charge in [-0.25, -0.2) is 0 Å². The van der Waals surface area contributed by atoms with E-state index in [2.05, 4.69) is 11.7 Å². The quantitative estimate of drug-likeness (QED) is 0.591. The number of carbonyl (C=O) groups is 1. The maximum atomic E-state index is 9.97. The SMILES string of the molecule is CCCN.COC(=O)CC#N. The van der Waals surface area contributed by atoms with Gasteiger partial charge in [0.25, 0.3) is 0 Å². The Balaban J connectivity index is 0. The molecule has 0 saturated carbocycles. The zero-order chi connectivity index (χ0) is 9.11. The second-order valence-electron chi connectivity index (χ2n) is 1.70. The smallest absolute Gasteiger partial charge is 0.319 e. The number of carbonyl (C=O) groups excluding carboxylic acids is 1. The van der Waals surface area contributed by atoms with Gasteiger partial charge in [0.05, 0.1) is 13.2 Å². The van der Waals surface area contributed by atoms with E-state index in [0.717, 1.165) is 13.0 Å². The van der Waals surface area contributed by atoms with Crippen LogP contribution in [0.15, 0.2) is 0 Å². The van der Waals surface area contributed by atoms with Crippen molar-refractivity contribution in [1.29, 1.82) is 5.26 Å². The minimum Gasteiger partial charge on any atom is -0.468 e. The van der Waals surface area contributed by atoms with Crippen LogP contribution in [0.3, 0.4) is 0 Å². The van der Waals surface area contributed by atoms with E-state index < -0.39 is 5.97 Å². The second-order valence-corrected chi connectivity index (χ2v) is 1.70. The fourth-order valence-electron chi connectivity index (χ4n) is 0.137. The number of nitriles is 1. The number of hydrogen-bond donors (Lipinski definition) is 1. The minimum atomic E-state index is -0.484. The van der Waals surface area contributed by atoms with Gasteiger partial charge >= 0.3 is 5.97 Å². The second kappa shape index (κ2) is 11.7. The lowest BCUT2D eigenvalue weighted by atomic mass is 10.5. The normalized spacial score (nSPS) is 7.09. The van der Waals surface area contributed by atoms with Crippen molar-refractivity contribution in [3.63, 3.8) is 0 Å². The molecule has 0 radical (unpaired) electrons. The van der Waals surface area contributed by atoms with Gasteiger partial charge in [-0.05, 0) is 13.0 Å². The zero-order valence-corrected chi connectivity index (χ0v) is 6.96. The van der Waals surface area contributed by atoms with Crippen LogP contribution in [0.1, 0.15) is 19.8 Å². The molecule has 0 aliphatic rings. The molecule has 0 aliphatic heterocycles. The van der Waals surface area contributed by atoms with Gasteiger partial charge in [-0.2, -0.15) is 5.26 Å². The Kier molecular flexibility index (Phi) is 13.4. The molecule has 0 unspecified atom stereocenters. The molecular formula is C7H14N2O2. The van der Waals surface area contributed by atoms with Crippen molar-refractivity contribution < 1.29 is 9.53 Å². The molecule has 0 aromatic heterocycles. The van der Waals surface area contributed by atoms with E-state index in [1.165, 1.54) is 7.11 Å². The molecule has 2 N–H and O–H groups in total. The van der Waals surface area contributed by atoms with E-state index in [1.54, 1.807) is 6.07 Å². The van der Waals surface area contributed by atoms with Gasteiger partial charge in [0.2, 0.25) is 0 Å². The third kappa shape index (κ3) is 17.6. The average molecular weight is 158 g/mol. The molecular weight excluding hydrogens is 144 g/mol. The Hall–Kier alpha value is -1.08. The standard InChI is InChI=1S/C4H5NO2.C3H9N/c1-7-4(6)2-3-5;1-2-3-4/h2H2,1H3;2-4H2,1H3. The van der Waals surface area contributed by atoms with Crippen molar-refractivity contribution in [1.82, 2.24) is 0 Å². The van der Waals surface area contributed by atoms with Crippen molar-refractivity contribution >= 4 is 5.97 Å². The van der Waals surface area contributed by atoms with Crippen LogP contribution in [0.5, 0.6) is 0 Å². The van der Waals surface area contributed by atoms with Gasteiger partial charge in [0.1, 0.15) is 6.42 Å². The van der Waals surface area contributed by atoms with Gasteiger partial charge in [0, 0.05) is 0 Å². The maximum absolute atomic E-state index is 9.97. The number of rotatable bonds is 2. The van der Waals surface area contributed by atoms with Gasteiger partial charge < -0.3 is 10.5 Å². The molecule has 0 saturated heterocycles. The highest BCUT2D eigenvalue weighted by molar-refractivity contribution is 5.71. The van der Waals surface area contributed by atoms with Gasteiger partial charge in [-0.15, -0.1) is 0 Å². The predicted octanol–water partition coefficient (Wildman–Crippen LogP) is 0.428. The van der Waals surface area contributed by atoms with Crippen molar-refractivity contribution in [2.75, 3.05) is 13.7 Å². The van der Waals surface area contributed by atoms with Gasteiger partial charge in [0.15, 0.2) is 0 Å². The van der Waals surface area contributed by atoms with Crippen LogP contribution in [-0.4, -0.2) is 19.6 Å². The van der Waals surface area contributed by atoms with Crippen LogP contribution in [0, 0.1) is 11.3 Å². The summed E-state index contributed by atoms with van der Waals surface area (Å²) in [6.45, 7) is 2.88. The molecule has 4 nitrogen and oxygen atoms in total. The summed E-state index contributed by atoms with van der Waals surface area (Å²) in [4.78, 5) is 9.97. The lowest BCUT2D eigenvalue weighted by Gasteiger charge is -1.85. The van der Waals surface area contributed by atoms with Crippen molar-refractivity contribution in [3.8, 4) is 6.07 Å². The first-order valence-corrected chi connectivity index (χ1v) is 3.36. The van der Waals surface area contributed by atoms with E-state index in [1.807, 2.05) is 0 Å². The zero-order valence-electron chi connectivity index (χ0n) is 6.96. The predicted molar refractivity (Wildman–Crippen MR) is 41.6 cm³/mol. The largest absolute Gasteiger partial charge is 0.468 e. The Morgan fingerprint density at radius 3 is 2.27 bits per heavy atom. The van der Waals surface area contributed by atoms with Gasteiger partial charge in [-0.1, -0.05) is 6.92 Å². The maximum Gasteiger partial charge on any atom is 0.319 e. The van der Waals surface area contributed by atoms with E-state index in [0.29, 0.717) is 0 Å². The van der Waals surface area contributed by atoms with Crippen LogP contribution in [-0.2, 0) is 9.53 Å². The Bertz CT molecular complexity index is 127. The number of methoxy groups -OCH3 is 1. The molecule has 0 bridgehead atoms. The molecule has 0 atom stereocenters. The van der Waals surface area contributed by atoms with Crippen LogP contribution < -0.4 is 5.73 Å². The molecule has 0 fully saturated rings. The summed E-state index contributed by atoms with van der Waals surface area (Å²) in [5.74, 6) is -0.484. The summed E-state index contributed by atoms with van der Waals surface area (Å²) < 4.78 is 4.13. The lowest BCUT2D eigenvalue weighted by molar-refractivity contribution is -0.139. The monoisotopic (exact) mass is 158 g/mol. The molecule has 64 valence electrons. The first-order chi connectivity index (χ1) is 5.22. The Morgan fingerprint density at radius 1 is 1.73 bits per heavy atom. The van der Waals surface area contributed by atoms with Crippen LogP contribution in [0.2, 0.25) is 0 Å². The van der Waals surface area contributed by atoms with Crippen LogP contribution in [0.25, 0.3) is 0 Å². The fraction of sp³-hybridized carbons (Fsp3) is 0.714. The van der Waals surface area contributed by atoms with Crippen molar-refractivity contribution in [2.45, 2.75) is 19.8 Å². The molecule has 4 heteroatoms. The molecule has 0 heterocycles. The minimum absolute atomic E-state index is 0.156. The molecule has 0 spiro atoms. The number of nitrogens with zero attached hydrogens (tertiary/aromatic N) is 1.